The van der Waals surface area contributed by atoms with Gasteiger partial charge in [0.2, 0.25) is 5.91 Å². The summed E-state index contributed by atoms with van der Waals surface area (Å²) in [6.45, 7) is -0.705. The molecule has 0 fully saturated rings. The molecule has 2 amide bonds. The van der Waals surface area contributed by atoms with E-state index in [0.717, 1.165) is 22.1 Å². The van der Waals surface area contributed by atoms with Crippen molar-refractivity contribution in [3.8, 4) is 22.6 Å². The van der Waals surface area contributed by atoms with Gasteiger partial charge in [-0.2, -0.15) is 13.2 Å². The van der Waals surface area contributed by atoms with Crippen molar-refractivity contribution < 1.29 is 46.9 Å². The van der Waals surface area contributed by atoms with Crippen molar-refractivity contribution in [1.82, 2.24) is 9.88 Å². The van der Waals surface area contributed by atoms with Crippen LogP contribution in [0.15, 0.2) is 116 Å². The van der Waals surface area contributed by atoms with Gasteiger partial charge in [-0.3, -0.25) is 19.4 Å². The zero-order chi connectivity index (χ0) is 36.5. The third-order valence-electron chi connectivity index (χ3n) is 7.63. The second-order valence-corrected chi connectivity index (χ2v) is 11.2. The number of halogens is 3. The quantitative estimate of drug-likeness (QED) is 0.106. The number of aromatic nitrogens is 1. The molecule has 0 aliphatic carbocycles. The van der Waals surface area contributed by atoms with Gasteiger partial charge in [0.1, 0.15) is 18.0 Å². The average molecular weight is 698 g/mol. The summed E-state index contributed by atoms with van der Waals surface area (Å²) in [6.07, 6.45) is -1.88. The van der Waals surface area contributed by atoms with E-state index in [2.05, 4.69) is 10.3 Å². The highest BCUT2D eigenvalue weighted by molar-refractivity contribution is 5.97. The fourth-order valence-electron chi connectivity index (χ4n) is 5.10. The molecule has 0 aliphatic heterocycles. The fraction of sp³-hybridized carbons (Fsp3) is 0.132. The standard InChI is InChI=1S/C38H30F3N3O7/c1-50-32-17-12-28(33(20-32)38(39,40)41)19-34(45)43-30-13-10-26(11-14-30)36(48)44(23-35(46)47)22-24-4-15-31(16-5-24)51-37(49)27-8-6-25(7-9-27)29-3-2-18-42-21-29/h2-18,20-21H,19,22-23H2,1H3,(H,43,45)(H,46,47). The summed E-state index contributed by atoms with van der Waals surface area (Å²) in [6, 6.07) is 25.7. The number of pyridine rings is 1. The molecule has 0 unspecified atom stereocenters. The Hall–Kier alpha value is -6.50. The first kappa shape index (κ1) is 35.8. The van der Waals surface area contributed by atoms with Crippen molar-refractivity contribution in [3.05, 3.63) is 143 Å². The van der Waals surface area contributed by atoms with Crippen LogP contribution in [0.25, 0.3) is 11.1 Å². The van der Waals surface area contributed by atoms with Gasteiger partial charge >= 0.3 is 18.1 Å². The van der Waals surface area contributed by atoms with Crippen molar-refractivity contribution in [2.45, 2.75) is 19.1 Å². The van der Waals surface area contributed by atoms with Crippen molar-refractivity contribution >= 4 is 29.4 Å². The summed E-state index contributed by atoms with van der Waals surface area (Å²) in [5, 5.41) is 12.0. The lowest BCUT2D eigenvalue weighted by Crippen LogP contribution is -2.35. The number of carbonyl (C=O) groups is 4. The van der Waals surface area contributed by atoms with Crippen LogP contribution in [0.4, 0.5) is 18.9 Å². The highest BCUT2D eigenvalue weighted by Gasteiger charge is 2.34. The SMILES string of the molecule is COc1ccc(CC(=O)Nc2ccc(C(=O)N(CC(=O)O)Cc3ccc(OC(=O)c4ccc(-c5cccnc5)cc4)cc3)cc2)c(C(F)(F)F)c1. The van der Waals surface area contributed by atoms with Gasteiger partial charge in [-0.1, -0.05) is 36.4 Å². The van der Waals surface area contributed by atoms with Crippen LogP contribution in [0.5, 0.6) is 11.5 Å². The van der Waals surface area contributed by atoms with E-state index < -0.39 is 48.5 Å². The monoisotopic (exact) mass is 697 g/mol. The molecule has 1 aromatic heterocycles. The number of benzene rings is 4. The normalized spacial score (nSPS) is 11.0. The summed E-state index contributed by atoms with van der Waals surface area (Å²) in [4.78, 5) is 55.4. The third kappa shape index (κ3) is 9.57. The maximum Gasteiger partial charge on any atom is 0.416 e. The molecular weight excluding hydrogens is 667 g/mol. The Morgan fingerprint density at radius 1 is 0.824 bits per heavy atom. The molecule has 2 N–H and O–H groups in total. The Bertz CT molecular complexity index is 2020. The van der Waals surface area contributed by atoms with E-state index in [-0.39, 0.29) is 34.9 Å². The summed E-state index contributed by atoms with van der Waals surface area (Å²) < 4.78 is 51.0. The highest BCUT2D eigenvalue weighted by Crippen LogP contribution is 2.35. The molecule has 5 aromatic rings. The predicted octanol–water partition coefficient (Wildman–Crippen LogP) is 6.90. The minimum atomic E-state index is -4.70. The van der Waals surface area contributed by atoms with Crippen LogP contribution in [0.1, 0.15) is 37.4 Å². The summed E-state index contributed by atoms with van der Waals surface area (Å²) in [7, 11) is 1.24. The number of ether oxygens (including phenoxy) is 2. The largest absolute Gasteiger partial charge is 0.497 e. The van der Waals surface area contributed by atoms with Gasteiger partial charge in [0, 0.05) is 30.2 Å². The van der Waals surface area contributed by atoms with Crippen molar-refractivity contribution in [2.24, 2.45) is 0 Å². The maximum absolute atomic E-state index is 13.5. The number of carbonyl (C=O) groups excluding carboxylic acids is 3. The molecule has 0 bridgehead atoms. The Morgan fingerprint density at radius 3 is 2.10 bits per heavy atom. The molecule has 0 saturated carbocycles. The number of aliphatic carboxylic acids is 1. The predicted molar refractivity (Wildman–Crippen MR) is 180 cm³/mol. The molecule has 0 saturated heterocycles. The zero-order valence-electron chi connectivity index (χ0n) is 27.0. The van der Waals surface area contributed by atoms with Gasteiger partial charge in [0.15, 0.2) is 0 Å². The van der Waals surface area contributed by atoms with Gasteiger partial charge in [-0.15, -0.1) is 0 Å². The van der Waals surface area contributed by atoms with Crippen LogP contribution >= 0.6 is 0 Å². The smallest absolute Gasteiger partial charge is 0.416 e. The molecule has 1 heterocycles. The lowest BCUT2D eigenvalue weighted by atomic mass is 10.0. The first-order chi connectivity index (χ1) is 24.4. The maximum atomic E-state index is 13.5. The molecule has 0 radical (unpaired) electrons. The number of hydrogen-bond acceptors (Lipinski definition) is 7. The molecule has 0 atom stereocenters. The number of anilines is 1. The van der Waals surface area contributed by atoms with Crippen LogP contribution < -0.4 is 14.8 Å². The summed E-state index contributed by atoms with van der Waals surface area (Å²) in [5.41, 5.74) is 1.79. The Balaban J connectivity index is 1.19. The Kier molecular flexibility index (Phi) is 11.1. The molecule has 10 nitrogen and oxygen atoms in total. The van der Waals surface area contributed by atoms with Crippen molar-refractivity contribution in [2.75, 3.05) is 19.0 Å². The van der Waals surface area contributed by atoms with Crippen LogP contribution in [0, 0.1) is 0 Å². The number of carboxylic acids is 1. The number of hydrogen-bond donors (Lipinski definition) is 2. The second kappa shape index (κ2) is 15.8. The van der Waals surface area contributed by atoms with Gasteiger partial charge in [0.25, 0.3) is 5.91 Å². The molecule has 51 heavy (non-hydrogen) atoms. The van der Waals surface area contributed by atoms with E-state index in [4.69, 9.17) is 9.47 Å². The molecule has 260 valence electrons. The van der Waals surface area contributed by atoms with Crippen molar-refractivity contribution in [3.63, 3.8) is 0 Å². The summed E-state index contributed by atoms with van der Waals surface area (Å²) in [5.74, 6) is -2.91. The van der Waals surface area contributed by atoms with E-state index in [1.165, 1.54) is 55.6 Å². The van der Waals surface area contributed by atoms with E-state index in [1.807, 2.05) is 12.1 Å². The third-order valence-corrected chi connectivity index (χ3v) is 7.63. The van der Waals surface area contributed by atoms with E-state index >= 15 is 0 Å². The topological polar surface area (TPSA) is 135 Å². The number of rotatable bonds is 12. The number of methoxy groups -OCH3 is 1. The van der Waals surface area contributed by atoms with Crippen LogP contribution in [-0.4, -0.2) is 52.4 Å². The summed E-state index contributed by atoms with van der Waals surface area (Å²) >= 11 is 0. The lowest BCUT2D eigenvalue weighted by Gasteiger charge is -2.21. The number of alkyl halides is 3. The van der Waals surface area contributed by atoms with E-state index in [1.54, 1.807) is 48.8 Å². The molecule has 4 aromatic carbocycles. The number of esters is 1. The van der Waals surface area contributed by atoms with Gasteiger partial charge in [0.05, 0.1) is 24.7 Å². The second-order valence-electron chi connectivity index (χ2n) is 11.2. The van der Waals surface area contributed by atoms with E-state index in [0.29, 0.717) is 11.1 Å². The van der Waals surface area contributed by atoms with Gasteiger partial charge in [-0.05, 0) is 89.0 Å². The average Bonchev–Trinajstić information content (AvgIpc) is 3.12. The van der Waals surface area contributed by atoms with Crippen LogP contribution in [0.3, 0.4) is 0 Å². The molecule has 0 aliphatic rings. The van der Waals surface area contributed by atoms with E-state index in [9.17, 15) is 37.5 Å². The number of nitrogens with one attached hydrogen (secondary N) is 1. The lowest BCUT2D eigenvalue weighted by molar-refractivity contribution is -0.139. The van der Waals surface area contributed by atoms with Crippen LogP contribution in [-0.2, 0) is 28.7 Å². The first-order valence-corrected chi connectivity index (χ1v) is 15.4. The molecule has 13 heteroatoms. The highest BCUT2D eigenvalue weighted by atomic mass is 19.4. The van der Waals surface area contributed by atoms with Gasteiger partial charge in [-0.25, -0.2) is 4.79 Å². The Morgan fingerprint density at radius 2 is 1.49 bits per heavy atom. The minimum Gasteiger partial charge on any atom is -0.497 e. The van der Waals surface area contributed by atoms with Crippen molar-refractivity contribution in [1.29, 1.82) is 0 Å². The zero-order valence-corrected chi connectivity index (χ0v) is 27.0. The number of amides is 2. The minimum absolute atomic E-state index is 0.00154. The number of carboxylic acid groups (broad SMARTS) is 1. The Labute approximate surface area is 290 Å². The fourth-order valence-corrected chi connectivity index (χ4v) is 5.10. The van der Waals surface area contributed by atoms with Crippen LogP contribution in [0.2, 0.25) is 0 Å². The number of nitrogens with zero attached hydrogens (tertiary/aromatic N) is 2. The first-order valence-electron chi connectivity index (χ1n) is 15.4. The molecule has 5 rings (SSSR count). The van der Waals surface area contributed by atoms with Gasteiger partial charge < -0.3 is 24.8 Å². The molecule has 0 spiro atoms. The molecular formula is C38H30F3N3O7.